The van der Waals surface area contributed by atoms with Crippen molar-refractivity contribution in [2.75, 3.05) is 0 Å². The van der Waals surface area contributed by atoms with Gasteiger partial charge in [-0.05, 0) is 19.4 Å². The van der Waals surface area contributed by atoms with E-state index in [9.17, 15) is 13.6 Å². The lowest BCUT2D eigenvalue weighted by molar-refractivity contribution is -0.124. The number of hydrogen-bond donors (Lipinski definition) is 1. The number of aryl methyl sites for hydroxylation is 1. The van der Waals surface area contributed by atoms with Crippen LogP contribution in [0.15, 0.2) is 29.4 Å². The molecule has 1 aromatic carbocycles. The van der Waals surface area contributed by atoms with E-state index < -0.39 is 23.7 Å². The molecule has 21 heavy (non-hydrogen) atoms. The van der Waals surface area contributed by atoms with Crippen molar-refractivity contribution >= 4 is 11.7 Å². The molecule has 2 unspecified atom stereocenters. The summed E-state index contributed by atoms with van der Waals surface area (Å²) >= 11 is 0. The molecule has 1 aliphatic heterocycles. The van der Waals surface area contributed by atoms with Crippen LogP contribution >= 0.6 is 0 Å². The number of halogens is 2. The van der Waals surface area contributed by atoms with Gasteiger partial charge < -0.3 is 10.2 Å². The highest BCUT2D eigenvalue weighted by molar-refractivity contribution is 6.05. The van der Waals surface area contributed by atoms with E-state index in [1.54, 1.807) is 25.1 Å². The first-order chi connectivity index (χ1) is 9.85. The lowest BCUT2D eigenvalue weighted by Gasteiger charge is -2.17. The van der Waals surface area contributed by atoms with Crippen LogP contribution in [0.2, 0.25) is 0 Å². The van der Waals surface area contributed by atoms with Crippen LogP contribution in [-0.4, -0.2) is 23.8 Å². The van der Waals surface area contributed by atoms with Crippen LogP contribution in [0.3, 0.4) is 0 Å². The standard InChI is InChI=1S/C15H16F2N2O2/c1-9-4-3-5-11(6-9)14(8-15(14,16)17)13(20)18-12-7-10(2)21-19-12/h3-6,10H,7-8H2,1-2H3,(H,18,19,20). The molecule has 1 heterocycles. The first-order valence-corrected chi connectivity index (χ1v) is 6.84. The summed E-state index contributed by atoms with van der Waals surface area (Å²) < 4.78 is 27.9. The molecule has 0 radical (unpaired) electrons. The van der Waals surface area contributed by atoms with E-state index >= 15 is 0 Å². The summed E-state index contributed by atoms with van der Waals surface area (Å²) in [6.45, 7) is 3.61. The number of benzene rings is 1. The summed E-state index contributed by atoms with van der Waals surface area (Å²) in [5.41, 5.74) is -0.594. The van der Waals surface area contributed by atoms with Gasteiger partial charge in [-0.1, -0.05) is 35.0 Å². The van der Waals surface area contributed by atoms with E-state index in [1.807, 2.05) is 13.0 Å². The fourth-order valence-electron chi connectivity index (χ4n) is 2.70. The van der Waals surface area contributed by atoms with E-state index in [1.165, 1.54) is 0 Å². The molecule has 6 heteroatoms. The number of carbonyl (C=O) groups is 1. The van der Waals surface area contributed by atoms with Gasteiger partial charge in [-0.25, -0.2) is 8.78 Å². The molecule has 1 N–H and O–H groups in total. The highest BCUT2D eigenvalue weighted by atomic mass is 19.3. The Morgan fingerprint density at radius 2 is 2.19 bits per heavy atom. The van der Waals surface area contributed by atoms with Gasteiger partial charge in [0.15, 0.2) is 5.84 Å². The van der Waals surface area contributed by atoms with Crippen LogP contribution in [0.25, 0.3) is 0 Å². The largest absolute Gasteiger partial charge is 0.391 e. The molecular formula is C15H16F2N2O2. The molecule has 0 saturated heterocycles. The third-order valence-corrected chi connectivity index (χ3v) is 3.97. The van der Waals surface area contributed by atoms with Crippen molar-refractivity contribution < 1.29 is 18.4 Å². The summed E-state index contributed by atoms with van der Waals surface area (Å²) in [4.78, 5) is 17.4. The van der Waals surface area contributed by atoms with E-state index in [0.717, 1.165) is 5.56 Å². The summed E-state index contributed by atoms with van der Waals surface area (Å²) in [7, 11) is 0. The zero-order valence-electron chi connectivity index (χ0n) is 11.8. The summed E-state index contributed by atoms with van der Waals surface area (Å²) in [5.74, 6) is -3.44. The maximum Gasteiger partial charge on any atom is 0.268 e. The lowest BCUT2D eigenvalue weighted by atomic mass is 9.92. The molecule has 0 spiro atoms. The van der Waals surface area contributed by atoms with Crippen LogP contribution in [0.4, 0.5) is 8.78 Å². The third-order valence-electron chi connectivity index (χ3n) is 3.97. The molecule has 1 saturated carbocycles. The Bertz CT molecular complexity index is 630. The second kappa shape index (κ2) is 4.51. The van der Waals surface area contributed by atoms with Crippen LogP contribution < -0.4 is 5.32 Å². The smallest absolute Gasteiger partial charge is 0.268 e. The molecule has 1 fully saturated rings. The number of nitrogens with zero attached hydrogens (tertiary/aromatic N) is 1. The van der Waals surface area contributed by atoms with Crippen LogP contribution in [0.5, 0.6) is 0 Å². The molecule has 1 aromatic rings. The molecule has 0 bridgehead atoms. The van der Waals surface area contributed by atoms with Crippen LogP contribution in [0.1, 0.15) is 30.9 Å². The summed E-state index contributed by atoms with van der Waals surface area (Å²) in [6.07, 6.45) is -0.199. The lowest BCUT2D eigenvalue weighted by Crippen LogP contribution is -2.41. The van der Waals surface area contributed by atoms with Crippen molar-refractivity contribution in [2.45, 2.75) is 44.1 Å². The average Bonchev–Trinajstić information content (AvgIpc) is 2.77. The molecule has 4 nitrogen and oxygen atoms in total. The average molecular weight is 294 g/mol. The Balaban J connectivity index is 1.87. The SMILES string of the molecule is Cc1cccc(C2(C(=O)NC3=NOC(C)C3)CC2(F)F)c1. The zero-order valence-corrected chi connectivity index (χ0v) is 11.8. The monoisotopic (exact) mass is 294 g/mol. The molecule has 112 valence electrons. The second-order valence-electron chi connectivity index (χ2n) is 5.77. The van der Waals surface area contributed by atoms with Gasteiger partial charge in [0.1, 0.15) is 11.5 Å². The highest BCUT2D eigenvalue weighted by Gasteiger charge is 2.76. The first-order valence-electron chi connectivity index (χ1n) is 6.84. The van der Waals surface area contributed by atoms with Crippen molar-refractivity contribution in [1.82, 2.24) is 5.32 Å². The van der Waals surface area contributed by atoms with E-state index in [4.69, 9.17) is 4.84 Å². The van der Waals surface area contributed by atoms with Crippen molar-refractivity contribution in [3.63, 3.8) is 0 Å². The number of rotatable bonds is 2. The van der Waals surface area contributed by atoms with Crippen LogP contribution in [0, 0.1) is 6.92 Å². The van der Waals surface area contributed by atoms with Gasteiger partial charge in [0.05, 0.1) is 0 Å². The second-order valence-corrected chi connectivity index (χ2v) is 5.77. The van der Waals surface area contributed by atoms with Crippen molar-refractivity contribution in [3.8, 4) is 0 Å². The topological polar surface area (TPSA) is 50.7 Å². The summed E-state index contributed by atoms with van der Waals surface area (Å²) in [6, 6.07) is 6.71. The van der Waals surface area contributed by atoms with Crippen molar-refractivity contribution in [3.05, 3.63) is 35.4 Å². The minimum Gasteiger partial charge on any atom is -0.391 e. The normalized spacial score (nSPS) is 29.5. The molecular weight excluding hydrogens is 278 g/mol. The third kappa shape index (κ3) is 2.18. The quantitative estimate of drug-likeness (QED) is 0.911. The Kier molecular flexibility index (Phi) is 3.00. The number of nitrogens with one attached hydrogen (secondary N) is 1. The Morgan fingerprint density at radius 3 is 2.71 bits per heavy atom. The van der Waals surface area contributed by atoms with Gasteiger partial charge in [0.25, 0.3) is 5.92 Å². The molecule has 1 amide bonds. The Hall–Kier alpha value is -1.98. The van der Waals surface area contributed by atoms with Gasteiger partial charge in [0.2, 0.25) is 5.91 Å². The van der Waals surface area contributed by atoms with E-state index in [2.05, 4.69) is 10.5 Å². The fourth-order valence-corrected chi connectivity index (χ4v) is 2.70. The molecule has 1 aliphatic carbocycles. The van der Waals surface area contributed by atoms with Crippen molar-refractivity contribution in [2.24, 2.45) is 5.16 Å². The predicted octanol–water partition coefficient (Wildman–Crippen LogP) is 2.51. The first kappa shape index (κ1) is 14.0. The number of amidine groups is 1. The number of hydrogen-bond acceptors (Lipinski definition) is 3. The Labute approximate surface area is 121 Å². The van der Waals surface area contributed by atoms with Gasteiger partial charge in [-0.2, -0.15) is 0 Å². The van der Waals surface area contributed by atoms with Gasteiger partial charge >= 0.3 is 0 Å². The minimum absolute atomic E-state index is 0.144. The van der Waals surface area contributed by atoms with Crippen molar-refractivity contribution in [1.29, 1.82) is 0 Å². The van der Waals surface area contributed by atoms with Gasteiger partial charge in [-0.15, -0.1) is 0 Å². The Morgan fingerprint density at radius 1 is 1.48 bits per heavy atom. The zero-order chi connectivity index (χ0) is 15.3. The van der Waals surface area contributed by atoms with E-state index in [-0.39, 0.29) is 6.10 Å². The number of amides is 1. The predicted molar refractivity (Wildman–Crippen MR) is 73.2 cm³/mol. The van der Waals surface area contributed by atoms with Gasteiger partial charge in [0, 0.05) is 12.8 Å². The molecule has 2 aliphatic rings. The van der Waals surface area contributed by atoms with Gasteiger partial charge in [-0.3, -0.25) is 4.79 Å². The fraction of sp³-hybridized carbons (Fsp3) is 0.467. The molecule has 3 rings (SSSR count). The maximum absolute atomic E-state index is 13.9. The maximum atomic E-state index is 13.9. The molecule has 0 aromatic heterocycles. The minimum atomic E-state index is -3.03. The number of carbonyl (C=O) groups excluding carboxylic acids is 1. The van der Waals surface area contributed by atoms with Crippen LogP contribution in [-0.2, 0) is 15.0 Å². The molecule has 2 atom stereocenters. The summed E-state index contributed by atoms with van der Waals surface area (Å²) in [5, 5.41) is 6.19. The number of oxime groups is 1. The number of alkyl halides is 2. The highest BCUT2D eigenvalue weighted by Crippen LogP contribution is 2.61. The van der Waals surface area contributed by atoms with E-state index in [0.29, 0.717) is 17.8 Å².